The lowest BCUT2D eigenvalue weighted by molar-refractivity contribution is 0.583. The van der Waals surface area contributed by atoms with Crippen LogP contribution in [0.3, 0.4) is 0 Å². The van der Waals surface area contributed by atoms with E-state index in [-0.39, 0.29) is 6.04 Å². The number of hydrogen-bond donors (Lipinski definition) is 0. The van der Waals surface area contributed by atoms with Crippen molar-refractivity contribution in [3.63, 3.8) is 0 Å². The number of aryl methyl sites for hydroxylation is 1. The summed E-state index contributed by atoms with van der Waals surface area (Å²) in [4.78, 5) is 0.366. The van der Waals surface area contributed by atoms with Crippen LogP contribution in [0.2, 0.25) is 0 Å². The van der Waals surface area contributed by atoms with Crippen LogP contribution >= 0.6 is 0 Å². The Morgan fingerprint density at radius 1 is 0.900 bits per heavy atom. The summed E-state index contributed by atoms with van der Waals surface area (Å²) >= 11 is 0. The molecule has 4 heteroatoms. The number of anilines is 1. The van der Waals surface area contributed by atoms with Gasteiger partial charge in [-0.1, -0.05) is 87.9 Å². The van der Waals surface area contributed by atoms with Gasteiger partial charge in [-0.2, -0.15) is 0 Å². The number of fused-ring (bicyclic) bond motifs is 1. The number of para-hydroxylation sites is 1. The summed E-state index contributed by atoms with van der Waals surface area (Å²) in [6.07, 6.45) is 11.3. The van der Waals surface area contributed by atoms with Crippen molar-refractivity contribution in [2.24, 2.45) is 0 Å². The zero-order chi connectivity index (χ0) is 21.6. The van der Waals surface area contributed by atoms with E-state index in [1.54, 1.807) is 16.4 Å². The Labute approximate surface area is 182 Å². The van der Waals surface area contributed by atoms with Gasteiger partial charge in [0.25, 0.3) is 10.0 Å². The topological polar surface area (TPSA) is 37.4 Å². The Bertz CT molecular complexity index is 961. The van der Waals surface area contributed by atoms with Crippen molar-refractivity contribution < 1.29 is 8.42 Å². The summed E-state index contributed by atoms with van der Waals surface area (Å²) in [6, 6.07) is 15.0. The Balaban J connectivity index is 1.96. The molecule has 162 valence electrons. The van der Waals surface area contributed by atoms with E-state index >= 15 is 0 Å². The van der Waals surface area contributed by atoms with E-state index in [1.807, 2.05) is 37.3 Å². The fourth-order valence-electron chi connectivity index (χ4n) is 4.30. The van der Waals surface area contributed by atoms with Crippen LogP contribution in [-0.4, -0.2) is 14.5 Å². The zero-order valence-corrected chi connectivity index (χ0v) is 19.4. The lowest BCUT2D eigenvalue weighted by Crippen LogP contribution is -2.37. The normalized spacial score (nSPS) is 17.5. The lowest BCUT2D eigenvalue weighted by Gasteiger charge is -2.27. The summed E-state index contributed by atoms with van der Waals surface area (Å²) in [5.41, 5.74) is 4.12. The largest absolute Gasteiger partial charge is 0.264 e. The second-order valence-electron chi connectivity index (χ2n) is 8.30. The molecule has 2 aromatic rings. The van der Waals surface area contributed by atoms with Crippen molar-refractivity contribution in [3.8, 4) is 0 Å². The van der Waals surface area contributed by atoms with E-state index in [0.29, 0.717) is 4.90 Å². The monoisotopic (exact) mass is 425 g/mol. The molecule has 0 aromatic heterocycles. The lowest BCUT2D eigenvalue weighted by atomic mass is 9.97. The molecule has 0 aliphatic carbocycles. The van der Waals surface area contributed by atoms with Crippen LogP contribution in [0.25, 0.3) is 5.57 Å². The highest BCUT2D eigenvalue weighted by Crippen LogP contribution is 2.45. The molecule has 30 heavy (non-hydrogen) atoms. The minimum atomic E-state index is -3.62. The molecule has 1 heterocycles. The smallest absolute Gasteiger partial charge is 0.258 e. The molecule has 1 atom stereocenters. The average molecular weight is 426 g/mol. The molecule has 1 aliphatic rings. The molecule has 0 fully saturated rings. The van der Waals surface area contributed by atoms with Crippen molar-refractivity contribution in [2.75, 3.05) is 4.31 Å². The van der Waals surface area contributed by atoms with Gasteiger partial charge in [0.15, 0.2) is 0 Å². The Kier molecular flexibility index (Phi) is 7.76. The second kappa shape index (κ2) is 10.3. The third kappa shape index (κ3) is 4.80. The fraction of sp³-hybridized carbons (Fsp3) is 0.462. The molecule has 0 radical (unpaired) electrons. The minimum absolute atomic E-state index is 0.130. The van der Waals surface area contributed by atoms with Crippen LogP contribution in [0, 0.1) is 6.92 Å². The summed E-state index contributed by atoms with van der Waals surface area (Å²) < 4.78 is 29.1. The number of unbranched alkanes of at least 4 members (excludes halogenated alkanes) is 5. The molecule has 0 amide bonds. The van der Waals surface area contributed by atoms with Gasteiger partial charge in [-0.3, -0.25) is 4.31 Å². The highest BCUT2D eigenvalue weighted by atomic mass is 32.2. The van der Waals surface area contributed by atoms with E-state index in [4.69, 9.17) is 0 Å². The molecule has 0 unspecified atom stereocenters. The highest BCUT2D eigenvalue weighted by Gasteiger charge is 2.40. The van der Waals surface area contributed by atoms with Crippen molar-refractivity contribution in [2.45, 2.75) is 83.1 Å². The van der Waals surface area contributed by atoms with E-state index in [9.17, 15) is 8.42 Å². The third-order valence-electron chi connectivity index (χ3n) is 5.91. The van der Waals surface area contributed by atoms with Crippen molar-refractivity contribution in [1.82, 2.24) is 0 Å². The number of nitrogens with zero attached hydrogens (tertiary/aromatic N) is 1. The molecule has 0 bridgehead atoms. The molecule has 2 aromatic carbocycles. The van der Waals surface area contributed by atoms with Crippen LogP contribution < -0.4 is 4.31 Å². The van der Waals surface area contributed by atoms with Crippen LogP contribution in [0.1, 0.15) is 76.3 Å². The van der Waals surface area contributed by atoms with Gasteiger partial charge >= 0.3 is 0 Å². The van der Waals surface area contributed by atoms with Gasteiger partial charge in [-0.05, 0) is 50.0 Å². The number of hydrogen-bond acceptors (Lipinski definition) is 2. The Morgan fingerprint density at radius 3 is 2.30 bits per heavy atom. The first-order chi connectivity index (χ1) is 14.5. The Morgan fingerprint density at radius 2 is 1.60 bits per heavy atom. The summed E-state index contributed by atoms with van der Waals surface area (Å²) in [5.74, 6) is 0. The van der Waals surface area contributed by atoms with E-state index in [1.165, 1.54) is 31.3 Å². The van der Waals surface area contributed by atoms with Crippen LogP contribution in [0.5, 0.6) is 0 Å². The quantitative estimate of drug-likeness (QED) is 0.380. The van der Waals surface area contributed by atoms with Gasteiger partial charge in [0.05, 0.1) is 16.6 Å². The maximum atomic E-state index is 13.7. The molecule has 0 spiro atoms. The number of sulfonamides is 1. The standard InChI is InChI=1S/C26H35NO2S/c1-4-6-7-8-9-10-14-23-24-15-11-12-16-26(24)27(25(23)13-5-2)30(28,29)22-19-17-21(3)18-20-22/h11-12,14-20,25H,4-10,13H2,1-3H3/b23-14+/t25-/m1/s1. The highest BCUT2D eigenvalue weighted by molar-refractivity contribution is 7.93. The maximum Gasteiger partial charge on any atom is 0.264 e. The van der Waals surface area contributed by atoms with Crippen LogP contribution in [0.15, 0.2) is 59.5 Å². The van der Waals surface area contributed by atoms with Gasteiger partial charge < -0.3 is 0 Å². The Hall–Kier alpha value is -2.07. The minimum Gasteiger partial charge on any atom is -0.258 e. The molecule has 3 nitrogen and oxygen atoms in total. The summed E-state index contributed by atoms with van der Waals surface area (Å²) in [5, 5.41) is 0. The molecular formula is C26H35NO2S. The van der Waals surface area contributed by atoms with Crippen molar-refractivity contribution >= 4 is 21.3 Å². The van der Waals surface area contributed by atoms with Gasteiger partial charge in [0.2, 0.25) is 0 Å². The van der Waals surface area contributed by atoms with E-state index in [0.717, 1.165) is 42.5 Å². The second-order valence-corrected chi connectivity index (χ2v) is 10.1. The summed E-state index contributed by atoms with van der Waals surface area (Å²) in [7, 11) is -3.62. The average Bonchev–Trinajstić information content (AvgIpc) is 3.05. The predicted molar refractivity (Wildman–Crippen MR) is 127 cm³/mol. The molecule has 0 N–H and O–H groups in total. The van der Waals surface area contributed by atoms with Crippen LogP contribution in [-0.2, 0) is 10.0 Å². The number of benzene rings is 2. The SMILES string of the molecule is CCCCCCC/C=C1\c2ccccc2N(S(=O)(=O)c2ccc(C)cc2)[C@@H]1CCC. The van der Waals surface area contributed by atoms with Gasteiger partial charge in [0, 0.05) is 5.56 Å². The zero-order valence-electron chi connectivity index (χ0n) is 18.6. The molecule has 0 saturated heterocycles. The number of rotatable bonds is 10. The molecular weight excluding hydrogens is 390 g/mol. The first kappa shape index (κ1) is 22.6. The fourth-order valence-corrected chi connectivity index (χ4v) is 5.98. The van der Waals surface area contributed by atoms with Crippen molar-refractivity contribution in [1.29, 1.82) is 0 Å². The third-order valence-corrected chi connectivity index (χ3v) is 7.74. The first-order valence-electron chi connectivity index (χ1n) is 11.4. The molecule has 3 rings (SSSR count). The van der Waals surface area contributed by atoms with Gasteiger partial charge in [0.1, 0.15) is 0 Å². The van der Waals surface area contributed by atoms with E-state index in [2.05, 4.69) is 26.0 Å². The first-order valence-corrected chi connectivity index (χ1v) is 12.8. The van der Waals surface area contributed by atoms with Crippen LogP contribution in [0.4, 0.5) is 5.69 Å². The predicted octanol–water partition coefficient (Wildman–Crippen LogP) is 7.12. The maximum absolute atomic E-state index is 13.7. The van der Waals surface area contributed by atoms with Gasteiger partial charge in [-0.25, -0.2) is 8.42 Å². The van der Waals surface area contributed by atoms with Gasteiger partial charge in [-0.15, -0.1) is 0 Å². The molecule has 0 saturated carbocycles. The van der Waals surface area contributed by atoms with Crippen molar-refractivity contribution in [3.05, 3.63) is 65.7 Å². The number of allylic oxidation sites excluding steroid dienone is 1. The summed E-state index contributed by atoms with van der Waals surface area (Å²) in [6.45, 7) is 6.33. The molecule has 1 aliphatic heterocycles. The van der Waals surface area contributed by atoms with E-state index < -0.39 is 10.0 Å².